The van der Waals surface area contributed by atoms with Crippen molar-refractivity contribution in [1.82, 2.24) is 0 Å². The Kier molecular flexibility index (Phi) is 4.77. The van der Waals surface area contributed by atoms with E-state index < -0.39 is 0 Å². The van der Waals surface area contributed by atoms with E-state index in [9.17, 15) is 0 Å². The van der Waals surface area contributed by atoms with E-state index in [-0.39, 0.29) is 17.7 Å². The number of nitrogens with two attached hydrogens (primary N) is 1. The quantitative estimate of drug-likeness (QED) is 0.916. The van der Waals surface area contributed by atoms with Crippen molar-refractivity contribution in [3.63, 3.8) is 0 Å². The van der Waals surface area contributed by atoms with Crippen LogP contribution >= 0.6 is 15.9 Å². The van der Waals surface area contributed by atoms with Crippen LogP contribution in [0.4, 0.5) is 5.69 Å². The molecule has 1 aliphatic heterocycles. The second-order valence-corrected chi connectivity index (χ2v) is 7.39. The molecule has 2 atom stereocenters. The SMILES string of the molecule is CC(N)Cc1ccc(N2CC(C)OC(C)(C)C2)c(Br)c1. The first-order valence-corrected chi connectivity index (χ1v) is 8.03. The molecule has 0 amide bonds. The predicted molar refractivity (Wildman–Crippen MR) is 88.3 cm³/mol. The fourth-order valence-corrected chi connectivity index (χ4v) is 3.62. The topological polar surface area (TPSA) is 38.5 Å². The molecule has 1 fully saturated rings. The summed E-state index contributed by atoms with van der Waals surface area (Å²) in [4.78, 5) is 2.40. The summed E-state index contributed by atoms with van der Waals surface area (Å²) in [5.74, 6) is 0. The van der Waals surface area contributed by atoms with Gasteiger partial charge in [0, 0.05) is 23.6 Å². The van der Waals surface area contributed by atoms with Crippen LogP contribution in [0.5, 0.6) is 0 Å². The number of hydrogen-bond acceptors (Lipinski definition) is 3. The first-order chi connectivity index (χ1) is 9.27. The first-order valence-electron chi connectivity index (χ1n) is 7.23. The molecular formula is C16H25BrN2O. The molecule has 0 saturated carbocycles. The average molecular weight is 341 g/mol. The maximum atomic E-state index is 5.97. The lowest BCUT2D eigenvalue weighted by molar-refractivity contribution is -0.0750. The summed E-state index contributed by atoms with van der Waals surface area (Å²) in [7, 11) is 0. The fraction of sp³-hybridized carbons (Fsp3) is 0.625. The van der Waals surface area contributed by atoms with Gasteiger partial charge < -0.3 is 15.4 Å². The number of ether oxygens (including phenoxy) is 1. The van der Waals surface area contributed by atoms with E-state index >= 15 is 0 Å². The van der Waals surface area contributed by atoms with Gasteiger partial charge in [0.05, 0.1) is 17.4 Å². The van der Waals surface area contributed by atoms with E-state index in [1.807, 2.05) is 6.92 Å². The lowest BCUT2D eigenvalue weighted by Crippen LogP contribution is -2.52. The number of rotatable bonds is 3. The Balaban J connectivity index is 2.20. The number of morpholine rings is 1. The zero-order chi connectivity index (χ0) is 14.9. The third kappa shape index (κ3) is 3.96. The molecule has 0 radical (unpaired) electrons. The van der Waals surface area contributed by atoms with Crippen molar-refractivity contribution < 1.29 is 4.74 Å². The highest BCUT2D eigenvalue weighted by Crippen LogP contribution is 2.32. The standard InChI is InChI=1S/C16H25BrN2O/c1-11(18)7-13-5-6-15(14(17)8-13)19-9-12(2)20-16(3,4)10-19/h5-6,8,11-12H,7,9-10,18H2,1-4H3. The normalized spacial score (nSPS) is 23.7. The molecule has 0 spiro atoms. The third-order valence-electron chi connectivity index (χ3n) is 3.48. The van der Waals surface area contributed by atoms with Gasteiger partial charge >= 0.3 is 0 Å². The molecule has 2 N–H and O–H groups in total. The summed E-state index contributed by atoms with van der Waals surface area (Å²) >= 11 is 3.71. The van der Waals surface area contributed by atoms with Gasteiger partial charge in [-0.2, -0.15) is 0 Å². The third-order valence-corrected chi connectivity index (χ3v) is 4.11. The van der Waals surface area contributed by atoms with Gasteiger partial charge in [0.25, 0.3) is 0 Å². The van der Waals surface area contributed by atoms with Gasteiger partial charge in [-0.05, 0) is 67.7 Å². The van der Waals surface area contributed by atoms with Crippen LogP contribution in [-0.2, 0) is 11.2 Å². The highest BCUT2D eigenvalue weighted by molar-refractivity contribution is 9.10. The zero-order valence-corrected chi connectivity index (χ0v) is 14.4. The second kappa shape index (κ2) is 6.04. The summed E-state index contributed by atoms with van der Waals surface area (Å²) in [6.45, 7) is 10.3. The molecule has 1 heterocycles. The lowest BCUT2D eigenvalue weighted by Gasteiger charge is -2.43. The van der Waals surface area contributed by atoms with Gasteiger partial charge in [0.1, 0.15) is 0 Å². The average Bonchev–Trinajstić information content (AvgIpc) is 2.24. The van der Waals surface area contributed by atoms with E-state index in [1.54, 1.807) is 0 Å². The lowest BCUT2D eigenvalue weighted by atomic mass is 10.0. The van der Waals surface area contributed by atoms with E-state index in [2.05, 4.69) is 59.8 Å². The predicted octanol–water partition coefficient (Wildman–Crippen LogP) is 3.34. The van der Waals surface area contributed by atoms with Crippen LogP contribution in [-0.4, -0.2) is 30.8 Å². The smallest absolute Gasteiger partial charge is 0.0805 e. The summed E-state index contributed by atoms with van der Waals surface area (Å²) in [6.07, 6.45) is 1.15. The van der Waals surface area contributed by atoms with Crippen molar-refractivity contribution >= 4 is 21.6 Å². The minimum Gasteiger partial charge on any atom is -0.369 e. The summed E-state index contributed by atoms with van der Waals surface area (Å²) in [5, 5.41) is 0. The molecule has 112 valence electrons. The summed E-state index contributed by atoms with van der Waals surface area (Å²) < 4.78 is 7.11. The van der Waals surface area contributed by atoms with Crippen LogP contribution in [0.3, 0.4) is 0 Å². The van der Waals surface area contributed by atoms with Crippen LogP contribution in [0.1, 0.15) is 33.3 Å². The molecular weight excluding hydrogens is 316 g/mol. The second-order valence-electron chi connectivity index (χ2n) is 6.54. The number of benzene rings is 1. The molecule has 1 saturated heterocycles. The molecule has 3 nitrogen and oxygen atoms in total. The Labute approximate surface area is 130 Å². The van der Waals surface area contributed by atoms with Gasteiger partial charge in [0.2, 0.25) is 0 Å². The maximum Gasteiger partial charge on any atom is 0.0805 e. The Hall–Kier alpha value is -0.580. The molecule has 1 aromatic carbocycles. The van der Waals surface area contributed by atoms with E-state index in [0.29, 0.717) is 0 Å². The minimum absolute atomic E-state index is 0.110. The molecule has 1 aliphatic rings. The molecule has 2 rings (SSSR count). The maximum absolute atomic E-state index is 5.97. The van der Waals surface area contributed by atoms with Crippen LogP contribution in [0.2, 0.25) is 0 Å². The molecule has 2 unspecified atom stereocenters. The number of nitrogens with zero attached hydrogens (tertiary/aromatic N) is 1. The molecule has 4 heteroatoms. The van der Waals surface area contributed by atoms with Gasteiger partial charge in [-0.1, -0.05) is 6.07 Å². The number of halogens is 1. The van der Waals surface area contributed by atoms with Crippen molar-refractivity contribution in [3.05, 3.63) is 28.2 Å². The Bertz CT molecular complexity index is 474. The van der Waals surface area contributed by atoms with Gasteiger partial charge in [-0.15, -0.1) is 0 Å². The van der Waals surface area contributed by atoms with Crippen LogP contribution < -0.4 is 10.6 Å². The summed E-state index contributed by atoms with van der Waals surface area (Å²) in [5.41, 5.74) is 8.27. The van der Waals surface area contributed by atoms with Crippen molar-refractivity contribution in [2.24, 2.45) is 5.73 Å². The van der Waals surface area contributed by atoms with Crippen molar-refractivity contribution in [2.75, 3.05) is 18.0 Å². The van der Waals surface area contributed by atoms with Gasteiger partial charge in [-0.3, -0.25) is 0 Å². The molecule has 0 aliphatic carbocycles. The first kappa shape index (κ1) is 15.8. The Morgan fingerprint density at radius 1 is 1.50 bits per heavy atom. The zero-order valence-electron chi connectivity index (χ0n) is 12.8. The largest absolute Gasteiger partial charge is 0.369 e. The fourth-order valence-electron chi connectivity index (χ4n) is 2.94. The highest BCUT2D eigenvalue weighted by atomic mass is 79.9. The Morgan fingerprint density at radius 3 is 2.75 bits per heavy atom. The van der Waals surface area contributed by atoms with Crippen molar-refractivity contribution in [2.45, 2.75) is 51.9 Å². The van der Waals surface area contributed by atoms with E-state index in [1.165, 1.54) is 11.3 Å². The van der Waals surface area contributed by atoms with Crippen LogP contribution in [0.15, 0.2) is 22.7 Å². The van der Waals surface area contributed by atoms with E-state index in [0.717, 1.165) is 24.0 Å². The Morgan fingerprint density at radius 2 is 2.20 bits per heavy atom. The molecule has 1 aromatic rings. The van der Waals surface area contributed by atoms with E-state index in [4.69, 9.17) is 10.5 Å². The molecule has 0 aromatic heterocycles. The van der Waals surface area contributed by atoms with Gasteiger partial charge in [-0.25, -0.2) is 0 Å². The molecule has 20 heavy (non-hydrogen) atoms. The van der Waals surface area contributed by atoms with Crippen molar-refractivity contribution in [1.29, 1.82) is 0 Å². The molecule has 0 bridgehead atoms. The van der Waals surface area contributed by atoms with Crippen LogP contribution in [0.25, 0.3) is 0 Å². The number of hydrogen-bond donors (Lipinski definition) is 1. The highest BCUT2D eigenvalue weighted by Gasteiger charge is 2.32. The van der Waals surface area contributed by atoms with Gasteiger partial charge in [0.15, 0.2) is 0 Å². The summed E-state index contributed by atoms with van der Waals surface area (Å²) in [6, 6.07) is 6.74. The minimum atomic E-state index is -0.110. The van der Waals surface area contributed by atoms with Crippen LogP contribution in [0, 0.1) is 0 Å². The van der Waals surface area contributed by atoms with Crippen molar-refractivity contribution in [3.8, 4) is 0 Å². The number of anilines is 1. The monoisotopic (exact) mass is 340 g/mol.